The largest absolute Gasteiger partial charge is 0.534 e. The van der Waals surface area contributed by atoms with Gasteiger partial charge in [-0.1, -0.05) is 50.3 Å². The molecule has 0 N–H and O–H groups in total. The summed E-state index contributed by atoms with van der Waals surface area (Å²) in [4.78, 5) is 11.5. The Bertz CT molecular complexity index is 1190. The SMILES string of the molecule is COC(=O)c1ccc(/C=C/c2ccc3c(c2)C(OS(=O)(=O)C(F)(F)F)=CCC3(C)C)cc1. The second kappa shape index (κ2) is 8.46. The van der Waals surface area contributed by atoms with E-state index in [1.54, 1.807) is 54.6 Å². The fourth-order valence-corrected chi connectivity index (χ4v) is 3.80. The second-order valence-corrected chi connectivity index (χ2v) is 9.43. The monoisotopic (exact) mass is 466 g/mol. The molecule has 170 valence electrons. The van der Waals surface area contributed by atoms with Crippen molar-refractivity contribution in [2.24, 2.45) is 0 Å². The molecule has 0 saturated heterocycles. The van der Waals surface area contributed by atoms with Crippen LogP contribution >= 0.6 is 0 Å². The molecule has 0 heterocycles. The normalized spacial score (nSPS) is 15.8. The number of methoxy groups -OCH3 is 1. The van der Waals surface area contributed by atoms with Gasteiger partial charge in [-0.05, 0) is 52.8 Å². The molecule has 5 nitrogen and oxygen atoms in total. The zero-order valence-corrected chi connectivity index (χ0v) is 18.4. The molecule has 0 unspecified atom stereocenters. The molecule has 0 bridgehead atoms. The minimum absolute atomic E-state index is 0.289. The molecule has 9 heteroatoms. The molecule has 0 fully saturated rings. The number of hydrogen-bond donors (Lipinski definition) is 0. The first-order valence-electron chi connectivity index (χ1n) is 9.56. The van der Waals surface area contributed by atoms with E-state index in [1.165, 1.54) is 13.2 Å². The first kappa shape index (κ1) is 23.6. The van der Waals surface area contributed by atoms with Crippen molar-refractivity contribution in [1.29, 1.82) is 0 Å². The second-order valence-electron chi connectivity index (χ2n) is 7.89. The van der Waals surface area contributed by atoms with Crippen LogP contribution in [-0.2, 0) is 24.5 Å². The lowest BCUT2D eigenvalue weighted by Gasteiger charge is -2.31. The van der Waals surface area contributed by atoms with E-state index in [0.717, 1.165) is 5.56 Å². The van der Waals surface area contributed by atoms with Crippen LogP contribution < -0.4 is 0 Å². The van der Waals surface area contributed by atoms with E-state index in [-0.39, 0.29) is 11.3 Å². The van der Waals surface area contributed by atoms with Crippen LogP contribution in [0.2, 0.25) is 0 Å². The smallest absolute Gasteiger partial charge is 0.465 e. The van der Waals surface area contributed by atoms with Gasteiger partial charge in [0.15, 0.2) is 0 Å². The van der Waals surface area contributed by atoms with E-state index in [9.17, 15) is 26.4 Å². The number of alkyl halides is 3. The predicted molar refractivity (Wildman–Crippen MR) is 115 cm³/mol. The van der Waals surface area contributed by atoms with Crippen molar-refractivity contribution >= 4 is 34.0 Å². The van der Waals surface area contributed by atoms with Crippen LogP contribution in [0.5, 0.6) is 0 Å². The molecule has 32 heavy (non-hydrogen) atoms. The maximum absolute atomic E-state index is 12.8. The van der Waals surface area contributed by atoms with E-state index in [1.807, 2.05) is 13.8 Å². The number of ether oxygens (including phenoxy) is 1. The van der Waals surface area contributed by atoms with Crippen molar-refractivity contribution in [3.8, 4) is 0 Å². The molecule has 1 aliphatic carbocycles. The van der Waals surface area contributed by atoms with Crippen LogP contribution in [0.15, 0.2) is 48.5 Å². The summed E-state index contributed by atoms with van der Waals surface area (Å²) in [5, 5.41) is 0. The van der Waals surface area contributed by atoms with Crippen LogP contribution in [-0.4, -0.2) is 27.0 Å². The van der Waals surface area contributed by atoms with Gasteiger partial charge in [0.2, 0.25) is 0 Å². The summed E-state index contributed by atoms with van der Waals surface area (Å²) in [6, 6.07) is 11.8. The first-order valence-corrected chi connectivity index (χ1v) is 11.0. The number of allylic oxidation sites excluding steroid dienone is 1. The number of rotatable bonds is 5. The zero-order valence-electron chi connectivity index (χ0n) is 17.6. The van der Waals surface area contributed by atoms with Crippen LogP contribution in [0.1, 0.15) is 52.9 Å². The Morgan fingerprint density at radius 2 is 1.62 bits per heavy atom. The molecule has 2 aromatic carbocycles. The summed E-state index contributed by atoms with van der Waals surface area (Å²) < 4.78 is 70.7. The molecule has 2 aromatic rings. The van der Waals surface area contributed by atoms with Crippen molar-refractivity contribution in [2.75, 3.05) is 7.11 Å². The lowest BCUT2D eigenvalue weighted by Crippen LogP contribution is -2.27. The molecule has 3 rings (SSSR count). The van der Waals surface area contributed by atoms with Crippen molar-refractivity contribution < 1.29 is 35.3 Å². The summed E-state index contributed by atoms with van der Waals surface area (Å²) >= 11 is 0. The van der Waals surface area contributed by atoms with Gasteiger partial charge in [0, 0.05) is 5.56 Å². The van der Waals surface area contributed by atoms with Crippen LogP contribution in [0.25, 0.3) is 17.9 Å². The molecule has 0 spiro atoms. The predicted octanol–water partition coefficient (Wildman–Crippen LogP) is 5.53. The standard InChI is InChI=1S/C23H21F3O5S/c1-22(2)13-12-20(31-32(28,29)23(24,25)26)18-14-16(8-11-19(18)22)5-4-15-6-9-17(10-7-15)21(27)30-3/h4-12,14H,13H2,1-3H3/b5-4+. The quantitative estimate of drug-likeness (QED) is 0.251. The number of benzene rings is 2. The Hall–Kier alpha value is -3.07. The van der Waals surface area contributed by atoms with Gasteiger partial charge in [-0.25, -0.2) is 4.79 Å². The summed E-state index contributed by atoms with van der Waals surface area (Å²) in [6.07, 6.45) is 5.17. The van der Waals surface area contributed by atoms with Gasteiger partial charge >= 0.3 is 21.6 Å². The third kappa shape index (κ3) is 4.88. The average molecular weight is 466 g/mol. The Kier molecular flexibility index (Phi) is 6.24. The molecular weight excluding hydrogens is 445 g/mol. The fraction of sp³-hybridized carbons (Fsp3) is 0.261. The highest BCUT2D eigenvalue weighted by Crippen LogP contribution is 2.41. The van der Waals surface area contributed by atoms with E-state index >= 15 is 0 Å². The maximum Gasteiger partial charge on any atom is 0.534 e. The maximum atomic E-state index is 12.8. The highest BCUT2D eigenvalue weighted by molar-refractivity contribution is 7.87. The van der Waals surface area contributed by atoms with Gasteiger partial charge < -0.3 is 8.92 Å². The Morgan fingerprint density at radius 1 is 1.03 bits per heavy atom. The molecule has 0 radical (unpaired) electrons. The van der Waals surface area contributed by atoms with Gasteiger partial charge in [0.25, 0.3) is 0 Å². The number of esters is 1. The molecule has 0 amide bonds. The van der Waals surface area contributed by atoms with Crippen molar-refractivity contribution in [3.63, 3.8) is 0 Å². The molecule has 0 aromatic heterocycles. The Morgan fingerprint density at radius 3 is 2.22 bits per heavy atom. The van der Waals surface area contributed by atoms with Crippen molar-refractivity contribution in [2.45, 2.75) is 31.2 Å². The van der Waals surface area contributed by atoms with E-state index < -0.39 is 27.0 Å². The van der Waals surface area contributed by atoms with E-state index in [4.69, 9.17) is 0 Å². The Labute approximate surface area is 184 Å². The van der Waals surface area contributed by atoms with Crippen LogP contribution in [0.4, 0.5) is 13.2 Å². The number of fused-ring (bicyclic) bond motifs is 1. The van der Waals surface area contributed by atoms with E-state index in [2.05, 4.69) is 8.92 Å². The highest BCUT2D eigenvalue weighted by atomic mass is 32.2. The molecule has 0 aliphatic heterocycles. The number of hydrogen-bond acceptors (Lipinski definition) is 5. The number of carbonyl (C=O) groups excluding carboxylic acids is 1. The zero-order chi connectivity index (χ0) is 23.7. The van der Waals surface area contributed by atoms with Gasteiger partial charge in [-0.3, -0.25) is 0 Å². The minimum Gasteiger partial charge on any atom is -0.465 e. The van der Waals surface area contributed by atoms with Crippen molar-refractivity contribution in [3.05, 3.63) is 76.4 Å². The van der Waals surface area contributed by atoms with Gasteiger partial charge in [0.05, 0.1) is 12.7 Å². The molecule has 1 aliphatic rings. The van der Waals surface area contributed by atoms with Gasteiger partial charge in [0.1, 0.15) is 5.76 Å². The van der Waals surface area contributed by atoms with Crippen LogP contribution in [0, 0.1) is 0 Å². The lowest BCUT2D eigenvalue weighted by atomic mass is 9.75. The van der Waals surface area contributed by atoms with Crippen molar-refractivity contribution in [1.82, 2.24) is 0 Å². The summed E-state index contributed by atoms with van der Waals surface area (Å²) in [5.74, 6) is -0.791. The third-order valence-corrected chi connectivity index (χ3v) is 6.08. The van der Waals surface area contributed by atoms with E-state index in [0.29, 0.717) is 23.1 Å². The molecule has 0 saturated carbocycles. The first-order chi connectivity index (χ1) is 14.8. The molecule has 0 atom stereocenters. The minimum atomic E-state index is -5.78. The summed E-state index contributed by atoms with van der Waals surface area (Å²) in [7, 11) is -4.49. The third-order valence-electron chi connectivity index (χ3n) is 5.12. The fourth-order valence-electron chi connectivity index (χ4n) is 3.31. The highest BCUT2D eigenvalue weighted by Gasteiger charge is 2.49. The van der Waals surface area contributed by atoms with Gasteiger partial charge in [-0.15, -0.1) is 0 Å². The lowest BCUT2D eigenvalue weighted by molar-refractivity contribution is -0.0509. The number of halogens is 3. The Balaban J connectivity index is 1.93. The molecular formula is C23H21F3O5S. The topological polar surface area (TPSA) is 69.7 Å². The van der Waals surface area contributed by atoms with Crippen LogP contribution in [0.3, 0.4) is 0 Å². The summed E-state index contributed by atoms with van der Waals surface area (Å²) in [5.41, 5.74) is -3.13. The van der Waals surface area contributed by atoms with Gasteiger partial charge in [-0.2, -0.15) is 21.6 Å². The summed E-state index contributed by atoms with van der Waals surface area (Å²) in [6.45, 7) is 3.82. The average Bonchev–Trinajstić information content (AvgIpc) is 2.73. The number of carbonyl (C=O) groups is 1.